The van der Waals surface area contributed by atoms with Gasteiger partial charge in [-0.2, -0.15) is 0 Å². The first-order chi connectivity index (χ1) is 11.5. The van der Waals surface area contributed by atoms with E-state index in [1.807, 2.05) is 13.8 Å². The summed E-state index contributed by atoms with van der Waals surface area (Å²) >= 11 is 0. The molecule has 0 bridgehead atoms. The van der Waals surface area contributed by atoms with Crippen LogP contribution >= 0.6 is 0 Å². The smallest absolute Gasteiger partial charge is 0.306 e. The van der Waals surface area contributed by atoms with Crippen molar-refractivity contribution in [3.05, 3.63) is 0 Å². The zero-order chi connectivity index (χ0) is 18.2. The van der Waals surface area contributed by atoms with Gasteiger partial charge in [-0.3, -0.25) is 9.59 Å². The molecule has 2 unspecified atom stereocenters. The Bertz CT molecular complexity index is 302. The molecule has 0 aliphatic carbocycles. The monoisotopic (exact) mass is 365 g/mol. The van der Waals surface area contributed by atoms with Crippen LogP contribution in [0.25, 0.3) is 0 Å². The largest absolute Gasteiger partial charge is 0.463 e. The summed E-state index contributed by atoms with van der Waals surface area (Å²) in [6.45, 7) is 8.18. The van der Waals surface area contributed by atoms with Crippen LogP contribution in [-0.4, -0.2) is 53.7 Å². The molecule has 0 aromatic heterocycles. The number of ether oxygens (including phenoxy) is 2. The Morgan fingerprint density at radius 2 is 1.04 bits per heavy atom. The standard InChI is InChI=1S/C20H38O4.Na/c1-5-7-9-11-13-17(3)23-19(21)15-16-20(22)24-18(4)14-12-10-8-6-2;/h17-18H,5-16H2,1-4H3;. The van der Waals surface area contributed by atoms with E-state index < -0.39 is 0 Å². The van der Waals surface area contributed by atoms with Crippen LogP contribution in [0.4, 0.5) is 0 Å². The van der Waals surface area contributed by atoms with Crippen molar-refractivity contribution in [2.75, 3.05) is 0 Å². The van der Waals surface area contributed by atoms with Crippen LogP contribution in [-0.2, 0) is 19.1 Å². The maximum Gasteiger partial charge on any atom is 0.306 e. The summed E-state index contributed by atoms with van der Waals surface area (Å²) in [6, 6.07) is 0. The molecule has 0 heterocycles. The predicted octanol–water partition coefficient (Wildman–Crippen LogP) is 5.19. The van der Waals surface area contributed by atoms with E-state index in [0.717, 1.165) is 25.7 Å². The molecule has 0 aromatic rings. The summed E-state index contributed by atoms with van der Waals surface area (Å²) in [5, 5.41) is 0. The molecule has 0 saturated heterocycles. The summed E-state index contributed by atoms with van der Waals surface area (Å²) in [5.74, 6) is -0.601. The van der Waals surface area contributed by atoms with E-state index in [4.69, 9.17) is 9.47 Å². The molecule has 25 heavy (non-hydrogen) atoms. The Hall–Kier alpha value is -0.0600. The number of rotatable bonds is 15. The topological polar surface area (TPSA) is 52.6 Å². The van der Waals surface area contributed by atoms with Crippen molar-refractivity contribution in [3.63, 3.8) is 0 Å². The number of carbonyl (C=O) groups excluding carboxylic acids is 2. The summed E-state index contributed by atoms with van der Waals surface area (Å²) in [5.41, 5.74) is 0. The molecule has 0 aliphatic rings. The minimum atomic E-state index is -0.300. The van der Waals surface area contributed by atoms with Crippen molar-refractivity contribution >= 4 is 41.5 Å². The van der Waals surface area contributed by atoms with Gasteiger partial charge in [0, 0.05) is 29.6 Å². The average molecular weight is 366 g/mol. The van der Waals surface area contributed by atoms with E-state index in [2.05, 4.69) is 13.8 Å². The van der Waals surface area contributed by atoms with Gasteiger partial charge in [-0.25, -0.2) is 0 Å². The fourth-order valence-electron chi connectivity index (χ4n) is 2.61. The Balaban J connectivity index is 0. The van der Waals surface area contributed by atoms with Crippen molar-refractivity contribution in [3.8, 4) is 0 Å². The molecule has 5 heteroatoms. The fourth-order valence-corrected chi connectivity index (χ4v) is 2.61. The van der Waals surface area contributed by atoms with Crippen LogP contribution in [0.1, 0.15) is 105 Å². The van der Waals surface area contributed by atoms with Crippen LogP contribution in [0, 0.1) is 0 Å². The summed E-state index contributed by atoms with van der Waals surface area (Å²) in [4.78, 5) is 23.5. The molecule has 0 saturated carbocycles. The molecule has 0 N–H and O–H groups in total. The Labute approximate surface area is 177 Å². The van der Waals surface area contributed by atoms with Gasteiger partial charge < -0.3 is 9.47 Å². The third kappa shape index (κ3) is 18.5. The molecule has 0 aliphatic heterocycles. The molecule has 2 atom stereocenters. The molecular formula is C20H38NaO4. The second-order valence-corrected chi connectivity index (χ2v) is 6.80. The number of unbranched alkanes of at least 4 members (excludes halogenated alkanes) is 6. The van der Waals surface area contributed by atoms with Gasteiger partial charge >= 0.3 is 11.9 Å². The van der Waals surface area contributed by atoms with Gasteiger partial charge in [0.2, 0.25) is 0 Å². The maximum atomic E-state index is 11.7. The van der Waals surface area contributed by atoms with Crippen molar-refractivity contribution in [2.45, 2.75) is 117 Å². The molecule has 0 amide bonds. The van der Waals surface area contributed by atoms with Crippen LogP contribution in [0.15, 0.2) is 0 Å². The van der Waals surface area contributed by atoms with Gasteiger partial charge in [0.1, 0.15) is 0 Å². The van der Waals surface area contributed by atoms with Gasteiger partial charge in [-0.15, -0.1) is 0 Å². The van der Waals surface area contributed by atoms with E-state index in [0.29, 0.717) is 0 Å². The molecule has 0 spiro atoms. The van der Waals surface area contributed by atoms with Gasteiger partial charge in [-0.1, -0.05) is 52.4 Å². The minimum Gasteiger partial charge on any atom is -0.463 e. The minimum absolute atomic E-state index is 0. The van der Waals surface area contributed by atoms with Crippen LogP contribution in [0.5, 0.6) is 0 Å². The first-order valence-corrected chi connectivity index (χ1v) is 9.88. The van der Waals surface area contributed by atoms with Crippen LogP contribution in [0.2, 0.25) is 0 Å². The third-order valence-electron chi connectivity index (χ3n) is 4.13. The molecular weight excluding hydrogens is 327 g/mol. The molecule has 0 aromatic carbocycles. The number of esters is 2. The quantitative estimate of drug-likeness (QED) is 0.228. The van der Waals surface area contributed by atoms with Crippen molar-refractivity contribution in [2.24, 2.45) is 0 Å². The second kappa shape index (κ2) is 18.7. The summed E-state index contributed by atoms with van der Waals surface area (Å²) < 4.78 is 10.7. The van der Waals surface area contributed by atoms with Crippen molar-refractivity contribution in [1.82, 2.24) is 0 Å². The molecule has 143 valence electrons. The molecule has 1 radical (unpaired) electrons. The predicted molar refractivity (Wildman–Crippen MR) is 104 cm³/mol. The normalized spacial score (nSPS) is 12.8. The Kier molecular flexibility index (Phi) is 20.3. The number of hydrogen-bond donors (Lipinski definition) is 0. The fraction of sp³-hybridized carbons (Fsp3) is 0.900. The first-order valence-electron chi connectivity index (χ1n) is 9.88. The molecule has 4 nitrogen and oxygen atoms in total. The molecule has 0 rings (SSSR count). The average Bonchev–Trinajstić information content (AvgIpc) is 2.54. The van der Waals surface area contributed by atoms with Gasteiger partial charge in [0.15, 0.2) is 0 Å². The van der Waals surface area contributed by atoms with Gasteiger partial charge in [0.05, 0.1) is 25.0 Å². The zero-order valence-electron chi connectivity index (χ0n) is 17.3. The third-order valence-corrected chi connectivity index (χ3v) is 4.13. The number of carbonyl (C=O) groups is 2. The zero-order valence-corrected chi connectivity index (χ0v) is 19.3. The molecule has 0 fully saturated rings. The van der Waals surface area contributed by atoms with E-state index in [1.54, 1.807) is 0 Å². The van der Waals surface area contributed by atoms with E-state index in [-0.39, 0.29) is 66.5 Å². The van der Waals surface area contributed by atoms with E-state index in [9.17, 15) is 9.59 Å². The van der Waals surface area contributed by atoms with Crippen LogP contribution < -0.4 is 0 Å². The van der Waals surface area contributed by atoms with Gasteiger partial charge in [-0.05, 0) is 39.5 Å². The van der Waals surface area contributed by atoms with Gasteiger partial charge in [0.25, 0.3) is 0 Å². The van der Waals surface area contributed by atoms with E-state index in [1.165, 1.54) is 38.5 Å². The Morgan fingerprint density at radius 1 is 0.680 bits per heavy atom. The first kappa shape index (κ1) is 27.2. The van der Waals surface area contributed by atoms with Crippen molar-refractivity contribution < 1.29 is 19.1 Å². The summed E-state index contributed by atoms with van der Waals surface area (Å²) in [7, 11) is 0. The van der Waals surface area contributed by atoms with E-state index >= 15 is 0 Å². The SMILES string of the molecule is CCCCCCC(C)OC(=O)CCC(=O)OC(C)CCCCCC.[Na]. The second-order valence-electron chi connectivity index (χ2n) is 6.80. The number of hydrogen-bond acceptors (Lipinski definition) is 4. The summed E-state index contributed by atoms with van der Waals surface area (Å²) in [6.07, 6.45) is 11.3. The Morgan fingerprint density at radius 3 is 1.36 bits per heavy atom. The van der Waals surface area contributed by atoms with Crippen molar-refractivity contribution in [1.29, 1.82) is 0 Å². The van der Waals surface area contributed by atoms with Crippen LogP contribution in [0.3, 0.4) is 0 Å². The maximum absolute atomic E-state index is 11.7.